The summed E-state index contributed by atoms with van der Waals surface area (Å²) < 4.78 is 5.88. The van der Waals surface area contributed by atoms with E-state index in [2.05, 4.69) is 31.8 Å². The van der Waals surface area contributed by atoms with Crippen molar-refractivity contribution in [1.29, 1.82) is 0 Å². The van der Waals surface area contributed by atoms with Gasteiger partial charge in [-0.1, -0.05) is 39.0 Å². The number of pyridine rings is 1. The number of ether oxygens (including phenoxy) is 1. The fourth-order valence-corrected chi connectivity index (χ4v) is 1.99. The molecule has 1 heterocycles. The molecule has 0 fully saturated rings. The predicted molar refractivity (Wildman–Crippen MR) is 80.1 cm³/mol. The number of hydrogen-bond acceptors (Lipinski definition) is 3. The molecule has 0 bridgehead atoms. The largest absolute Gasteiger partial charge is 0.439 e. The van der Waals surface area contributed by atoms with Crippen LogP contribution in [0.15, 0.2) is 42.6 Å². The van der Waals surface area contributed by atoms with E-state index in [4.69, 9.17) is 4.74 Å². The van der Waals surface area contributed by atoms with Crippen molar-refractivity contribution < 1.29 is 9.84 Å². The molecule has 1 aromatic heterocycles. The van der Waals surface area contributed by atoms with Gasteiger partial charge in [0, 0.05) is 17.8 Å². The van der Waals surface area contributed by atoms with E-state index in [1.807, 2.05) is 24.3 Å². The van der Waals surface area contributed by atoms with Crippen molar-refractivity contribution in [3.63, 3.8) is 0 Å². The van der Waals surface area contributed by atoms with Crippen LogP contribution in [0, 0.1) is 0 Å². The number of benzene rings is 1. The van der Waals surface area contributed by atoms with Gasteiger partial charge < -0.3 is 9.84 Å². The minimum absolute atomic E-state index is 0.0101. The van der Waals surface area contributed by atoms with Crippen LogP contribution in [0.2, 0.25) is 0 Å². The van der Waals surface area contributed by atoms with E-state index in [1.54, 1.807) is 19.2 Å². The predicted octanol–water partition coefficient (Wildman–Crippen LogP) is 4.22. The lowest BCUT2D eigenvalue weighted by Crippen LogP contribution is -2.12. The van der Waals surface area contributed by atoms with Gasteiger partial charge in [0.05, 0.1) is 6.10 Å². The molecule has 0 unspecified atom stereocenters. The highest BCUT2D eigenvalue weighted by Crippen LogP contribution is 2.33. The Morgan fingerprint density at radius 1 is 1.10 bits per heavy atom. The third kappa shape index (κ3) is 3.36. The Morgan fingerprint density at radius 2 is 1.80 bits per heavy atom. The Labute approximate surface area is 120 Å². The molecule has 0 spiro atoms. The Bertz CT molecular complexity index is 568. The summed E-state index contributed by atoms with van der Waals surface area (Å²) in [5.41, 5.74) is 1.93. The molecule has 0 radical (unpaired) electrons. The standard InChI is InChI=1S/C17H21NO2/c1-12(19)13-9-10-16(18-11-13)20-15-8-6-5-7-14(15)17(2,3)4/h5-12,19H,1-4H3/t12-/m0/s1. The van der Waals surface area contributed by atoms with Crippen LogP contribution >= 0.6 is 0 Å². The third-order valence-electron chi connectivity index (χ3n) is 3.15. The topological polar surface area (TPSA) is 42.4 Å². The summed E-state index contributed by atoms with van der Waals surface area (Å²) in [5.74, 6) is 1.35. The van der Waals surface area contributed by atoms with Gasteiger partial charge in [-0.05, 0) is 30.0 Å². The zero-order valence-corrected chi connectivity index (χ0v) is 12.4. The first-order chi connectivity index (χ1) is 9.38. The third-order valence-corrected chi connectivity index (χ3v) is 3.15. The normalized spacial score (nSPS) is 13.1. The molecule has 1 atom stereocenters. The highest BCUT2D eigenvalue weighted by molar-refractivity contribution is 5.40. The van der Waals surface area contributed by atoms with Crippen LogP contribution in [0.1, 0.15) is 44.9 Å². The minimum Gasteiger partial charge on any atom is -0.439 e. The molecule has 106 valence electrons. The maximum absolute atomic E-state index is 9.47. The van der Waals surface area contributed by atoms with Crippen LogP contribution in [0.25, 0.3) is 0 Å². The Morgan fingerprint density at radius 3 is 2.35 bits per heavy atom. The molecule has 3 heteroatoms. The maximum Gasteiger partial charge on any atom is 0.219 e. The van der Waals surface area contributed by atoms with Gasteiger partial charge >= 0.3 is 0 Å². The second-order valence-corrected chi connectivity index (χ2v) is 5.95. The summed E-state index contributed by atoms with van der Waals surface area (Å²) in [7, 11) is 0. The van der Waals surface area contributed by atoms with E-state index in [0.29, 0.717) is 5.88 Å². The summed E-state index contributed by atoms with van der Waals surface area (Å²) in [6.45, 7) is 8.17. The molecule has 0 aliphatic carbocycles. The zero-order valence-electron chi connectivity index (χ0n) is 12.4. The molecule has 0 saturated carbocycles. The summed E-state index contributed by atoms with van der Waals surface area (Å²) >= 11 is 0. The molecule has 1 N–H and O–H groups in total. The highest BCUT2D eigenvalue weighted by Gasteiger charge is 2.18. The van der Waals surface area contributed by atoms with E-state index in [-0.39, 0.29) is 5.41 Å². The molecule has 3 nitrogen and oxygen atoms in total. The summed E-state index contributed by atoms with van der Waals surface area (Å²) in [6.07, 6.45) is 1.12. The van der Waals surface area contributed by atoms with Gasteiger partial charge in [0.2, 0.25) is 5.88 Å². The lowest BCUT2D eigenvalue weighted by atomic mass is 9.86. The lowest BCUT2D eigenvalue weighted by molar-refractivity contribution is 0.198. The molecule has 2 aromatic rings. The van der Waals surface area contributed by atoms with Gasteiger partial charge in [0.1, 0.15) is 5.75 Å². The van der Waals surface area contributed by atoms with Crippen LogP contribution in [-0.2, 0) is 5.41 Å². The first-order valence-corrected chi connectivity index (χ1v) is 6.79. The summed E-state index contributed by atoms with van der Waals surface area (Å²) in [4.78, 5) is 4.24. The Hall–Kier alpha value is -1.87. The maximum atomic E-state index is 9.47. The van der Waals surface area contributed by atoms with Crippen LogP contribution in [0.3, 0.4) is 0 Å². The van der Waals surface area contributed by atoms with E-state index in [1.165, 1.54) is 0 Å². The van der Waals surface area contributed by atoms with Crippen LogP contribution in [0.5, 0.6) is 11.6 Å². The molecule has 20 heavy (non-hydrogen) atoms. The van der Waals surface area contributed by atoms with Gasteiger partial charge in [0.25, 0.3) is 0 Å². The first-order valence-electron chi connectivity index (χ1n) is 6.79. The van der Waals surface area contributed by atoms with Gasteiger partial charge in [-0.3, -0.25) is 0 Å². The fraction of sp³-hybridized carbons (Fsp3) is 0.353. The van der Waals surface area contributed by atoms with Gasteiger partial charge in [-0.2, -0.15) is 0 Å². The number of para-hydroxylation sites is 1. The molecule has 0 aliphatic rings. The van der Waals surface area contributed by atoms with Crippen molar-refractivity contribution in [2.24, 2.45) is 0 Å². The SMILES string of the molecule is C[C@H](O)c1ccc(Oc2ccccc2C(C)(C)C)nc1. The quantitative estimate of drug-likeness (QED) is 0.908. The average Bonchev–Trinajstić information content (AvgIpc) is 2.38. The molecule has 0 amide bonds. The van der Waals surface area contributed by atoms with E-state index >= 15 is 0 Å². The van der Waals surface area contributed by atoms with Gasteiger partial charge in [-0.25, -0.2) is 4.98 Å². The van der Waals surface area contributed by atoms with Crippen molar-refractivity contribution in [3.05, 3.63) is 53.7 Å². The van der Waals surface area contributed by atoms with E-state index in [9.17, 15) is 5.11 Å². The number of nitrogens with zero attached hydrogens (tertiary/aromatic N) is 1. The first kappa shape index (κ1) is 14.5. The van der Waals surface area contributed by atoms with Crippen molar-refractivity contribution in [2.45, 2.75) is 39.2 Å². The highest BCUT2D eigenvalue weighted by atomic mass is 16.5. The Balaban J connectivity index is 2.26. The Kier molecular flexibility index (Phi) is 4.09. The van der Waals surface area contributed by atoms with Crippen LogP contribution < -0.4 is 4.74 Å². The lowest BCUT2D eigenvalue weighted by Gasteiger charge is -2.22. The van der Waals surface area contributed by atoms with Crippen LogP contribution in [0.4, 0.5) is 0 Å². The zero-order chi connectivity index (χ0) is 14.8. The second-order valence-electron chi connectivity index (χ2n) is 5.95. The van der Waals surface area contributed by atoms with Crippen molar-refractivity contribution in [3.8, 4) is 11.6 Å². The number of hydrogen-bond donors (Lipinski definition) is 1. The molecule has 1 aromatic carbocycles. The number of aliphatic hydroxyl groups excluding tert-OH is 1. The van der Waals surface area contributed by atoms with Crippen molar-refractivity contribution in [2.75, 3.05) is 0 Å². The van der Waals surface area contributed by atoms with E-state index in [0.717, 1.165) is 16.9 Å². The molecule has 2 rings (SSSR count). The van der Waals surface area contributed by atoms with Crippen LogP contribution in [-0.4, -0.2) is 10.1 Å². The fourth-order valence-electron chi connectivity index (χ4n) is 1.99. The number of rotatable bonds is 3. The molecule has 0 aliphatic heterocycles. The monoisotopic (exact) mass is 271 g/mol. The smallest absolute Gasteiger partial charge is 0.219 e. The molecular formula is C17H21NO2. The van der Waals surface area contributed by atoms with E-state index < -0.39 is 6.10 Å². The summed E-state index contributed by atoms with van der Waals surface area (Å²) in [5, 5.41) is 9.47. The van der Waals surface area contributed by atoms with Crippen molar-refractivity contribution >= 4 is 0 Å². The second kappa shape index (κ2) is 5.63. The minimum atomic E-state index is -0.515. The van der Waals surface area contributed by atoms with Gasteiger partial charge in [-0.15, -0.1) is 0 Å². The number of aliphatic hydroxyl groups is 1. The van der Waals surface area contributed by atoms with Crippen molar-refractivity contribution in [1.82, 2.24) is 4.98 Å². The molecular weight excluding hydrogens is 250 g/mol. The molecule has 0 saturated heterocycles. The average molecular weight is 271 g/mol. The number of aromatic nitrogens is 1. The van der Waals surface area contributed by atoms with Gasteiger partial charge in [0.15, 0.2) is 0 Å². The summed E-state index contributed by atoms with van der Waals surface area (Å²) in [6, 6.07) is 11.6.